The van der Waals surface area contributed by atoms with E-state index in [-0.39, 0.29) is 29.2 Å². The molecule has 0 spiro atoms. The van der Waals surface area contributed by atoms with Gasteiger partial charge in [0, 0.05) is 6.07 Å². The van der Waals surface area contributed by atoms with Gasteiger partial charge in [0.1, 0.15) is 17.4 Å². The third kappa shape index (κ3) is 2.03. The van der Waals surface area contributed by atoms with Crippen molar-refractivity contribution in [3.8, 4) is 34.5 Å². The number of hydrogen-bond donors (Lipinski definition) is 5. The standard InChI is InChI=1S/C15H12O7/c16-7-2-1-6(3-8(7)17)11-4-9(18)13-12(22-11)5-10(19)14(20)15(13)21/h1-3,5,11,16-17,19-21H,4H2. The van der Waals surface area contributed by atoms with E-state index in [1.807, 2.05) is 0 Å². The molecule has 2 aromatic rings. The van der Waals surface area contributed by atoms with Crippen LogP contribution >= 0.6 is 0 Å². The predicted octanol–water partition coefficient (Wildman–Crippen LogP) is 1.92. The molecule has 0 aliphatic carbocycles. The first-order valence-electron chi connectivity index (χ1n) is 6.38. The predicted molar refractivity (Wildman–Crippen MR) is 73.5 cm³/mol. The smallest absolute Gasteiger partial charge is 0.201 e. The molecule has 114 valence electrons. The van der Waals surface area contributed by atoms with Gasteiger partial charge < -0.3 is 30.3 Å². The molecule has 0 radical (unpaired) electrons. The van der Waals surface area contributed by atoms with E-state index in [4.69, 9.17) is 4.74 Å². The Morgan fingerprint density at radius 2 is 1.64 bits per heavy atom. The van der Waals surface area contributed by atoms with Crippen LogP contribution in [0, 0.1) is 0 Å². The van der Waals surface area contributed by atoms with Crippen molar-refractivity contribution in [2.24, 2.45) is 0 Å². The highest BCUT2D eigenvalue weighted by Gasteiger charge is 2.33. The zero-order valence-corrected chi connectivity index (χ0v) is 11.1. The third-order valence-corrected chi connectivity index (χ3v) is 3.51. The minimum atomic E-state index is -0.781. The average Bonchev–Trinajstić information content (AvgIpc) is 2.47. The van der Waals surface area contributed by atoms with Crippen molar-refractivity contribution in [1.29, 1.82) is 0 Å². The second kappa shape index (κ2) is 4.73. The number of phenolic OH excluding ortho intramolecular Hbond substituents is 5. The van der Waals surface area contributed by atoms with Gasteiger partial charge in [-0.3, -0.25) is 4.79 Å². The molecule has 1 atom stereocenters. The Kier molecular flexibility index (Phi) is 2.98. The number of hydrogen-bond acceptors (Lipinski definition) is 7. The number of carbonyl (C=O) groups is 1. The lowest BCUT2D eigenvalue weighted by Crippen LogP contribution is -2.20. The van der Waals surface area contributed by atoms with Gasteiger partial charge in [-0.25, -0.2) is 0 Å². The summed E-state index contributed by atoms with van der Waals surface area (Å²) in [5.74, 6) is -3.32. The summed E-state index contributed by atoms with van der Waals surface area (Å²) in [7, 11) is 0. The second-order valence-electron chi connectivity index (χ2n) is 4.95. The van der Waals surface area contributed by atoms with Crippen molar-refractivity contribution >= 4 is 5.78 Å². The number of ketones is 1. The zero-order valence-electron chi connectivity index (χ0n) is 11.1. The third-order valence-electron chi connectivity index (χ3n) is 3.51. The van der Waals surface area contributed by atoms with E-state index in [0.29, 0.717) is 5.56 Å². The first-order chi connectivity index (χ1) is 10.4. The Balaban J connectivity index is 2.04. The van der Waals surface area contributed by atoms with Crippen molar-refractivity contribution in [3.63, 3.8) is 0 Å². The molecule has 0 fully saturated rings. The molecule has 1 aliphatic rings. The van der Waals surface area contributed by atoms with E-state index in [0.717, 1.165) is 6.07 Å². The Hall–Kier alpha value is -3.09. The molecule has 3 rings (SSSR count). The highest BCUT2D eigenvalue weighted by atomic mass is 16.5. The van der Waals surface area contributed by atoms with Crippen molar-refractivity contribution in [3.05, 3.63) is 35.4 Å². The molecule has 7 nitrogen and oxygen atoms in total. The van der Waals surface area contributed by atoms with Gasteiger partial charge in [-0.15, -0.1) is 0 Å². The van der Waals surface area contributed by atoms with Gasteiger partial charge in [-0.05, 0) is 17.7 Å². The van der Waals surface area contributed by atoms with E-state index in [2.05, 4.69) is 0 Å². The minimum Gasteiger partial charge on any atom is -0.504 e. The first-order valence-corrected chi connectivity index (χ1v) is 6.38. The van der Waals surface area contributed by atoms with Gasteiger partial charge in [-0.1, -0.05) is 6.07 Å². The van der Waals surface area contributed by atoms with Gasteiger partial charge in [0.15, 0.2) is 28.8 Å². The molecule has 22 heavy (non-hydrogen) atoms. The molecule has 1 heterocycles. The van der Waals surface area contributed by atoms with Crippen LogP contribution in [0.15, 0.2) is 24.3 Å². The van der Waals surface area contributed by atoms with Gasteiger partial charge in [-0.2, -0.15) is 0 Å². The topological polar surface area (TPSA) is 127 Å². The fraction of sp³-hybridized carbons (Fsp3) is 0.133. The van der Waals surface area contributed by atoms with Crippen LogP contribution in [-0.4, -0.2) is 31.3 Å². The molecule has 7 heteroatoms. The fourth-order valence-corrected chi connectivity index (χ4v) is 2.38. The van der Waals surface area contributed by atoms with E-state index >= 15 is 0 Å². The molecule has 5 N–H and O–H groups in total. The molecule has 0 amide bonds. The van der Waals surface area contributed by atoms with Crippen molar-refractivity contribution < 1.29 is 35.1 Å². The molecule has 0 bridgehead atoms. The summed E-state index contributed by atoms with van der Waals surface area (Å²) in [4.78, 5) is 12.2. The van der Waals surface area contributed by atoms with Gasteiger partial charge in [0.25, 0.3) is 0 Å². The summed E-state index contributed by atoms with van der Waals surface area (Å²) >= 11 is 0. The van der Waals surface area contributed by atoms with Crippen molar-refractivity contribution in [1.82, 2.24) is 0 Å². The number of rotatable bonds is 1. The fourth-order valence-electron chi connectivity index (χ4n) is 2.38. The number of Topliss-reactive ketones (excluding diaryl/α,β-unsaturated/α-hetero) is 1. The maximum absolute atomic E-state index is 12.2. The van der Waals surface area contributed by atoms with E-state index in [1.54, 1.807) is 0 Å². The number of phenols is 5. The van der Waals surface area contributed by atoms with E-state index in [1.165, 1.54) is 18.2 Å². The first kappa shape index (κ1) is 13.9. The molecular weight excluding hydrogens is 292 g/mol. The van der Waals surface area contributed by atoms with Crippen LogP contribution in [0.3, 0.4) is 0 Å². The zero-order chi connectivity index (χ0) is 16.0. The number of carbonyl (C=O) groups excluding carboxylic acids is 1. The second-order valence-corrected chi connectivity index (χ2v) is 4.95. The van der Waals surface area contributed by atoms with E-state index in [9.17, 15) is 30.3 Å². The molecule has 2 aromatic carbocycles. The number of fused-ring (bicyclic) bond motifs is 1. The number of ether oxygens (including phenoxy) is 1. The van der Waals surface area contributed by atoms with Crippen LogP contribution in [0.5, 0.6) is 34.5 Å². The average molecular weight is 304 g/mol. The van der Waals surface area contributed by atoms with Crippen molar-refractivity contribution in [2.45, 2.75) is 12.5 Å². The van der Waals surface area contributed by atoms with Crippen LogP contribution in [0.4, 0.5) is 0 Å². The molecular formula is C15H12O7. The molecule has 0 aromatic heterocycles. The minimum absolute atomic E-state index is 0.0679. The lowest BCUT2D eigenvalue weighted by Gasteiger charge is -2.26. The SMILES string of the molecule is O=C1CC(c2ccc(O)c(O)c2)Oc2cc(O)c(O)c(O)c21. The van der Waals surface area contributed by atoms with Crippen LogP contribution in [0.25, 0.3) is 0 Å². The lowest BCUT2D eigenvalue weighted by molar-refractivity contribution is 0.0842. The highest BCUT2D eigenvalue weighted by molar-refractivity contribution is 6.03. The van der Waals surface area contributed by atoms with Gasteiger partial charge >= 0.3 is 0 Å². The highest BCUT2D eigenvalue weighted by Crippen LogP contribution is 2.48. The van der Waals surface area contributed by atoms with Gasteiger partial charge in [0.05, 0.1) is 6.42 Å². The number of benzene rings is 2. The maximum Gasteiger partial charge on any atom is 0.201 e. The largest absolute Gasteiger partial charge is 0.504 e. The summed E-state index contributed by atoms with van der Waals surface area (Å²) in [6.45, 7) is 0. The maximum atomic E-state index is 12.2. The van der Waals surface area contributed by atoms with Crippen molar-refractivity contribution in [2.75, 3.05) is 0 Å². The Morgan fingerprint density at radius 3 is 2.32 bits per heavy atom. The summed E-state index contributed by atoms with van der Waals surface area (Å²) in [6, 6.07) is 5.05. The van der Waals surface area contributed by atoms with E-state index < -0.39 is 29.1 Å². The lowest BCUT2D eigenvalue weighted by atomic mass is 9.95. The Bertz CT molecular complexity index is 782. The molecule has 1 unspecified atom stereocenters. The normalized spacial score (nSPS) is 16.9. The van der Waals surface area contributed by atoms with Crippen LogP contribution in [-0.2, 0) is 0 Å². The Morgan fingerprint density at radius 1 is 0.909 bits per heavy atom. The molecule has 0 saturated carbocycles. The Labute approximate surface area is 124 Å². The molecule has 0 saturated heterocycles. The van der Waals surface area contributed by atoms with Crippen LogP contribution in [0.2, 0.25) is 0 Å². The molecule has 1 aliphatic heterocycles. The summed E-state index contributed by atoms with van der Waals surface area (Å²) in [5.41, 5.74) is 0.246. The monoisotopic (exact) mass is 304 g/mol. The van der Waals surface area contributed by atoms with Gasteiger partial charge in [0.2, 0.25) is 5.75 Å². The summed E-state index contributed by atoms with van der Waals surface area (Å²) < 4.78 is 5.56. The summed E-state index contributed by atoms with van der Waals surface area (Å²) in [5, 5.41) is 47.5. The van der Waals surface area contributed by atoms with Crippen LogP contribution < -0.4 is 4.74 Å². The van der Waals surface area contributed by atoms with Crippen LogP contribution in [0.1, 0.15) is 28.4 Å². The number of aromatic hydroxyl groups is 5. The summed E-state index contributed by atoms with van der Waals surface area (Å²) in [6.07, 6.45) is -0.885. The quantitative estimate of drug-likeness (QED) is 0.509.